The molecule has 0 amide bonds. The maximum Gasteiger partial charge on any atom is 0.226 e. The zero-order chi connectivity index (χ0) is 16.3. The number of anilines is 3. The van der Waals surface area contributed by atoms with Crippen molar-refractivity contribution in [3.63, 3.8) is 0 Å². The summed E-state index contributed by atoms with van der Waals surface area (Å²) in [4.78, 5) is 10.5. The SMILES string of the molecule is Cl[C@H]1[C@H](Cl)[C@@H](Cl)[C@@H](Cl)[C@H](Cl)[C@H]1Cl.Nc1nc(N)nc(N)n1. The van der Waals surface area contributed by atoms with E-state index in [9.17, 15) is 0 Å². The van der Waals surface area contributed by atoms with Gasteiger partial charge in [-0.1, -0.05) is 0 Å². The van der Waals surface area contributed by atoms with Crippen molar-refractivity contribution in [1.82, 2.24) is 15.0 Å². The lowest BCUT2D eigenvalue weighted by atomic mass is 9.97. The van der Waals surface area contributed by atoms with Gasteiger partial charge in [-0.05, 0) is 0 Å². The fraction of sp³-hybridized carbons (Fsp3) is 0.667. The van der Waals surface area contributed by atoms with E-state index in [1.807, 2.05) is 0 Å². The van der Waals surface area contributed by atoms with E-state index in [4.69, 9.17) is 86.8 Å². The monoisotopic (exact) mass is 414 g/mol. The van der Waals surface area contributed by atoms with Gasteiger partial charge < -0.3 is 17.2 Å². The Bertz CT molecular complexity index is 369. The number of halogens is 6. The smallest absolute Gasteiger partial charge is 0.226 e. The first-order valence-corrected chi connectivity index (χ1v) is 8.14. The second-order valence-corrected chi connectivity index (χ2v) is 7.10. The molecule has 0 atom stereocenters. The Labute approximate surface area is 151 Å². The molecule has 120 valence electrons. The van der Waals surface area contributed by atoms with Gasteiger partial charge in [0.2, 0.25) is 17.8 Å². The van der Waals surface area contributed by atoms with Crippen molar-refractivity contribution in [2.24, 2.45) is 0 Å². The van der Waals surface area contributed by atoms with Crippen LogP contribution in [0, 0.1) is 0 Å². The average molecular weight is 417 g/mol. The first kappa shape index (κ1) is 19.2. The summed E-state index contributed by atoms with van der Waals surface area (Å²) in [5.74, 6) is 0.125. The molecule has 0 unspecified atom stereocenters. The third-order valence-electron chi connectivity index (χ3n) is 2.51. The van der Waals surface area contributed by atoms with E-state index < -0.39 is 32.3 Å². The van der Waals surface area contributed by atoms with Crippen LogP contribution in [0.4, 0.5) is 17.8 Å². The molecule has 0 saturated heterocycles. The number of nitrogens with zero attached hydrogens (tertiary/aromatic N) is 3. The summed E-state index contributed by atoms with van der Waals surface area (Å²) in [6.45, 7) is 0. The number of rotatable bonds is 0. The Hall–Kier alpha value is 0.150. The summed E-state index contributed by atoms with van der Waals surface area (Å²) in [5.41, 5.74) is 15.4. The normalized spacial score (nSPS) is 35.7. The number of hydrogen-bond acceptors (Lipinski definition) is 6. The molecule has 6 N–H and O–H groups in total. The third-order valence-corrected chi connectivity index (χ3v) is 6.54. The Morgan fingerprint density at radius 3 is 0.762 bits per heavy atom. The summed E-state index contributed by atoms with van der Waals surface area (Å²) >= 11 is 35.3. The Morgan fingerprint density at radius 2 is 0.619 bits per heavy atom. The van der Waals surface area contributed by atoms with Gasteiger partial charge in [0.25, 0.3) is 0 Å². The maximum absolute atomic E-state index is 5.88. The highest BCUT2D eigenvalue weighted by atomic mass is 35.5. The Balaban J connectivity index is 0.000000219. The molecule has 6 nitrogen and oxygen atoms in total. The molecule has 1 aromatic heterocycles. The van der Waals surface area contributed by atoms with Crippen LogP contribution in [-0.4, -0.2) is 47.2 Å². The maximum atomic E-state index is 5.88. The van der Waals surface area contributed by atoms with Crippen LogP contribution in [0.25, 0.3) is 0 Å². The van der Waals surface area contributed by atoms with Crippen LogP contribution in [0.2, 0.25) is 0 Å². The number of aromatic nitrogens is 3. The van der Waals surface area contributed by atoms with E-state index in [1.165, 1.54) is 0 Å². The summed E-state index contributed by atoms with van der Waals surface area (Å²) in [6.07, 6.45) is 0. The minimum atomic E-state index is -0.437. The van der Waals surface area contributed by atoms with Crippen molar-refractivity contribution in [2.75, 3.05) is 17.2 Å². The Morgan fingerprint density at radius 1 is 0.476 bits per heavy atom. The van der Waals surface area contributed by atoms with E-state index in [0.717, 1.165) is 0 Å². The van der Waals surface area contributed by atoms with Crippen molar-refractivity contribution in [3.05, 3.63) is 0 Å². The van der Waals surface area contributed by atoms with E-state index in [1.54, 1.807) is 0 Å². The fourth-order valence-electron chi connectivity index (χ4n) is 1.48. The van der Waals surface area contributed by atoms with Crippen molar-refractivity contribution in [3.8, 4) is 0 Å². The number of nitrogens with two attached hydrogens (primary N) is 3. The van der Waals surface area contributed by atoms with Crippen LogP contribution in [0.3, 0.4) is 0 Å². The summed E-state index contributed by atoms with van der Waals surface area (Å²) < 4.78 is 0. The first-order chi connectivity index (χ1) is 9.65. The fourth-order valence-corrected chi connectivity index (χ4v) is 3.81. The lowest BCUT2D eigenvalue weighted by molar-refractivity contribution is 0.544. The minimum absolute atomic E-state index is 0.0417. The standard InChI is InChI=1S/C6H6Cl6.C3H6N6/c7-1-2(8)4(10)6(12)5(11)3(1)9;4-1-7-2(5)9-3(6)8-1/h1-6H;(H6,4,5,6,7,8,9)/t1-,2-,3-,4+,5+,6+;. The molecule has 1 aromatic rings. The highest BCUT2D eigenvalue weighted by Crippen LogP contribution is 2.39. The number of alkyl halides is 6. The average Bonchev–Trinajstić information content (AvgIpc) is 2.40. The van der Waals surface area contributed by atoms with E-state index in [0.29, 0.717) is 0 Å². The molecule has 1 aliphatic carbocycles. The van der Waals surface area contributed by atoms with Crippen molar-refractivity contribution >= 4 is 87.5 Å². The first-order valence-electron chi connectivity index (χ1n) is 5.52. The van der Waals surface area contributed by atoms with Crippen molar-refractivity contribution in [1.29, 1.82) is 0 Å². The van der Waals surface area contributed by atoms with Gasteiger partial charge in [0.1, 0.15) is 0 Å². The van der Waals surface area contributed by atoms with Gasteiger partial charge in [-0.25, -0.2) is 0 Å². The molecule has 0 spiro atoms. The van der Waals surface area contributed by atoms with Crippen LogP contribution in [0.5, 0.6) is 0 Å². The summed E-state index contributed by atoms with van der Waals surface area (Å²) in [5, 5.41) is -2.62. The second-order valence-electron chi connectivity index (χ2n) is 4.08. The predicted octanol–water partition coefficient (Wildman–Crippen LogP) is 2.26. The van der Waals surface area contributed by atoms with Gasteiger partial charge in [-0.2, -0.15) is 15.0 Å². The molecule has 12 heteroatoms. The molecule has 0 bridgehead atoms. The minimum Gasteiger partial charge on any atom is -0.368 e. The lowest BCUT2D eigenvalue weighted by Crippen LogP contribution is -2.52. The van der Waals surface area contributed by atoms with Crippen LogP contribution >= 0.6 is 69.6 Å². The molecular formula is C9H12Cl6N6. The Kier molecular flexibility index (Phi) is 7.43. The van der Waals surface area contributed by atoms with Gasteiger partial charge in [-0.15, -0.1) is 69.6 Å². The van der Waals surface area contributed by atoms with Crippen molar-refractivity contribution in [2.45, 2.75) is 32.3 Å². The van der Waals surface area contributed by atoms with Crippen LogP contribution < -0.4 is 17.2 Å². The molecular weight excluding hydrogens is 405 g/mol. The largest absolute Gasteiger partial charge is 0.368 e. The van der Waals surface area contributed by atoms with Gasteiger partial charge in [0.05, 0.1) is 32.3 Å². The van der Waals surface area contributed by atoms with Gasteiger partial charge in [-0.3, -0.25) is 0 Å². The van der Waals surface area contributed by atoms with E-state index in [-0.39, 0.29) is 17.8 Å². The second kappa shape index (κ2) is 8.13. The van der Waals surface area contributed by atoms with Gasteiger partial charge in [0, 0.05) is 0 Å². The number of hydrogen-bond donors (Lipinski definition) is 3. The molecule has 21 heavy (non-hydrogen) atoms. The highest BCUT2D eigenvalue weighted by Gasteiger charge is 2.46. The van der Waals surface area contributed by atoms with Crippen LogP contribution in [-0.2, 0) is 0 Å². The van der Waals surface area contributed by atoms with Crippen LogP contribution in [0.15, 0.2) is 0 Å². The molecule has 0 aromatic carbocycles. The zero-order valence-corrected chi connectivity index (χ0v) is 14.8. The number of nitrogen functional groups attached to an aromatic ring is 3. The molecule has 1 aliphatic rings. The molecule has 1 saturated carbocycles. The summed E-state index contributed by atoms with van der Waals surface area (Å²) in [7, 11) is 0. The highest BCUT2D eigenvalue weighted by molar-refractivity contribution is 6.45. The van der Waals surface area contributed by atoms with Crippen LogP contribution in [0.1, 0.15) is 0 Å². The third kappa shape index (κ3) is 5.08. The van der Waals surface area contributed by atoms with Gasteiger partial charge in [0.15, 0.2) is 0 Å². The van der Waals surface area contributed by atoms with Crippen molar-refractivity contribution < 1.29 is 0 Å². The predicted molar refractivity (Wildman–Crippen MR) is 90.9 cm³/mol. The molecule has 1 fully saturated rings. The lowest BCUT2D eigenvalue weighted by Gasteiger charge is -2.37. The van der Waals surface area contributed by atoms with Gasteiger partial charge >= 0.3 is 0 Å². The molecule has 0 aliphatic heterocycles. The van der Waals surface area contributed by atoms with E-state index in [2.05, 4.69) is 15.0 Å². The molecule has 2 rings (SSSR count). The topological polar surface area (TPSA) is 117 Å². The quantitative estimate of drug-likeness (QED) is 0.558. The molecule has 0 radical (unpaired) electrons. The summed E-state index contributed by atoms with van der Waals surface area (Å²) in [6, 6.07) is 0. The van der Waals surface area contributed by atoms with E-state index >= 15 is 0 Å². The zero-order valence-electron chi connectivity index (χ0n) is 10.3. The molecule has 1 heterocycles.